The zero-order valence-electron chi connectivity index (χ0n) is 10.0. The number of hydrogen-bond acceptors (Lipinski definition) is 3. The first kappa shape index (κ1) is 17.6. The number of carbonyl (C=O) groups is 2. The van der Waals surface area contributed by atoms with Crippen LogP contribution in [0.1, 0.15) is 33.6 Å². The summed E-state index contributed by atoms with van der Waals surface area (Å²) in [6.07, 6.45) is 1.44. The molecule has 0 saturated heterocycles. The standard InChI is InChI=1S/C10H21N3O2.ClH/c1-4-5-7(11)10(15)13-8(6(2)3)9(12)14;/h6-8H,4-5,11H2,1-3H3,(H2,12,14)(H,13,15);1H. The summed E-state index contributed by atoms with van der Waals surface area (Å²) >= 11 is 0. The predicted octanol–water partition coefficient (Wildman–Crippen LogP) is 0.162. The van der Waals surface area contributed by atoms with Crippen LogP contribution < -0.4 is 16.8 Å². The average Bonchev–Trinajstić information content (AvgIpc) is 2.12. The third-order valence-corrected chi connectivity index (χ3v) is 2.21. The molecule has 2 amide bonds. The summed E-state index contributed by atoms with van der Waals surface area (Å²) < 4.78 is 0. The number of amides is 2. The van der Waals surface area contributed by atoms with Crippen molar-refractivity contribution in [1.82, 2.24) is 5.32 Å². The molecule has 0 spiro atoms. The van der Waals surface area contributed by atoms with Gasteiger partial charge in [-0.2, -0.15) is 0 Å². The van der Waals surface area contributed by atoms with Crippen molar-refractivity contribution in [3.63, 3.8) is 0 Å². The molecule has 0 aliphatic carbocycles. The molecule has 0 aromatic heterocycles. The highest BCUT2D eigenvalue weighted by atomic mass is 35.5. The van der Waals surface area contributed by atoms with E-state index in [1.54, 1.807) is 0 Å². The van der Waals surface area contributed by atoms with E-state index in [2.05, 4.69) is 5.32 Å². The molecule has 96 valence electrons. The molecule has 0 aromatic carbocycles. The molecule has 0 bridgehead atoms. The Morgan fingerprint density at radius 3 is 2.12 bits per heavy atom. The lowest BCUT2D eigenvalue weighted by atomic mass is 10.0. The normalized spacial score (nSPS) is 13.8. The van der Waals surface area contributed by atoms with Gasteiger partial charge in [0, 0.05) is 0 Å². The Morgan fingerprint density at radius 2 is 1.81 bits per heavy atom. The number of nitrogens with one attached hydrogen (secondary N) is 1. The van der Waals surface area contributed by atoms with Crippen molar-refractivity contribution in [2.45, 2.75) is 45.7 Å². The Bertz CT molecular complexity index is 234. The topological polar surface area (TPSA) is 98.2 Å². The number of carbonyl (C=O) groups excluding carboxylic acids is 2. The smallest absolute Gasteiger partial charge is 0.240 e. The molecule has 0 heterocycles. The van der Waals surface area contributed by atoms with Gasteiger partial charge in [0.25, 0.3) is 0 Å². The summed E-state index contributed by atoms with van der Waals surface area (Å²) in [5, 5.41) is 2.56. The summed E-state index contributed by atoms with van der Waals surface area (Å²) in [6, 6.07) is -1.20. The molecule has 5 N–H and O–H groups in total. The first-order valence-corrected chi connectivity index (χ1v) is 5.25. The predicted molar refractivity (Wildman–Crippen MR) is 66.1 cm³/mol. The number of rotatable bonds is 6. The van der Waals surface area contributed by atoms with Crippen molar-refractivity contribution in [2.75, 3.05) is 0 Å². The molecule has 16 heavy (non-hydrogen) atoms. The van der Waals surface area contributed by atoms with E-state index < -0.39 is 18.0 Å². The van der Waals surface area contributed by atoms with Crippen molar-refractivity contribution < 1.29 is 9.59 Å². The maximum absolute atomic E-state index is 11.5. The minimum atomic E-state index is -0.639. The molecule has 0 aromatic rings. The Hall–Kier alpha value is -0.810. The lowest BCUT2D eigenvalue weighted by Gasteiger charge is -2.21. The van der Waals surface area contributed by atoms with Gasteiger partial charge in [-0.3, -0.25) is 9.59 Å². The maximum Gasteiger partial charge on any atom is 0.240 e. The van der Waals surface area contributed by atoms with Gasteiger partial charge in [0.15, 0.2) is 0 Å². The summed E-state index contributed by atoms with van der Waals surface area (Å²) in [5.41, 5.74) is 10.8. The molecule has 2 atom stereocenters. The van der Waals surface area contributed by atoms with E-state index in [0.717, 1.165) is 6.42 Å². The van der Waals surface area contributed by atoms with E-state index in [-0.39, 0.29) is 24.2 Å². The minimum Gasteiger partial charge on any atom is -0.368 e. The summed E-state index contributed by atoms with van der Waals surface area (Å²) in [7, 11) is 0. The fraction of sp³-hybridized carbons (Fsp3) is 0.800. The monoisotopic (exact) mass is 251 g/mol. The molecular weight excluding hydrogens is 230 g/mol. The molecule has 0 aliphatic rings. The van der Waals surface area contributed by atoms with Crippen molar-refractivity contribution in [3.05, 3.63) is 0 Å². The lowest BCUT2D eigenvalue weighted by molar-refractivity contribution is -0.129. The van der Waals surface area contributed by atoms with Crippen LogP contribution in [0.4, 0.5) is 0 Å². The quantitative estimate of drug-likeness (QED) is 0.627. The summed E-state index contributed by atoms with van der Waals surface area (Å²) in [4.78, 5) is 22.5. The molecule has 2 unspecified atom stereocenters. The van der Waals surface area contributed by atoms with Gasteiger partial charge in [-0.05, 0) is 12.3 Å². The van der Waals surface area contributed by atoms with E-state index in [1.165, 1.54) is 0 Å². The average molecular weight is 252 g/mol. The van der Waals surface area contributed by atoms with E-state index in [1.807, 2.05) is 20.8 Å². The van der Waals surface area contributed by atoms with Gasteiger partial charge in [0.2, 0.25) is 11.8 Å². The van der Waals surface area contributed by atoms with Gasteiger partial charge < -0.3 is 16.8 Å². The van der Waals surface area contributed by atoms with Crippen LogP contribution in [0.25, 0.3) is 0 Å². The lowest BCUT2D eigenvalue weighted by Crippen LogP contribution is -2.52. The highest BCUT2D eigenvalue weighted by Crippen LogP contribution is 2.02. The van der Waals surface area contributed by atoms with E-state index in [9.17, 15) is 9.59 Å². The maximum atomic E-state index is 11.5. The summed E-state index contributed by atoms with van der Waals surface area (Å²) in [6.45, 7) is 5.59. The van der Waals surface area contributed by atoms with Crippen molar-refractivity contribution >= 4 is 24.2 Å². The van der Waals surface area contributed by atoms with Crippen LogP contribution >= 0.6 is 12.4 Å². The molecule has 0 rings (SSSR count). The molecule has 0 saturated carbocycles. The molecule has 5 nitrogen and oxygen atoms in total. The van der Waals surface area contributed by atoms with Gasteiger partial charge in [0.1, 0.15) is 6.04 Å². The van der Waals surface area contributed by atoms with Gasteiger partial charge >= 0.3 is 0 Å². The highest BCUT2D eigenvalue weighted by molar-refractivity contribution is 5.89. The van der Waals surface area contributed by atoms with Gasteiger partial charge in [0.05, 0.1) is 6.04 Å². The highest BCUT2D eigenvalue weighted by Gasteiger charge is 2.23. The fourth-order valence-electron chi connectivity index (χ4n) is 1.27. The number of hydrogen-bond donors (Lipinski definition) is 3. The largest absolute Gasteiger partial charge is 0.368 e. The molecule has 6 heteroatoms. The van der Waals surface area contributed by atoms with Gasteiger partial charge in [-0.25, -0.2) is 0 Å². The van der Waals surface area contributed by atoms with Crippen LogP contribution in [0.3, 0.4) is 0 Å². The first-order chi connectivity index (χ1) is 6.90. The van der Waals surface area contributed by atoms with E-state index >= 15 is 0 Å². The van der Waals surface area contributed by atoms with Crippen molar-refractivity contribution in [2.24, 2.45) is 17.4 Å². The minimum absolute atomic E-state index is 0. The van der Waals surface area contributed by atoms with Crippen LogP contribution in [0.5, 0.6) is 0 Å². The Morgan fingerprint density at radius 1 is 1.31 bits per heavy atom. The zero-order chi connectivity index (χ0) is 12.0. The number of nitrogens with two attached hydrogens (primary N) is 2. The Kier molecular flexibility index (Phi) is 9.18. The van der Waals surface area contributed by atoms with Crippen LogP contribution in [-0.4, -0.2) is 23.9 Å². The van der Waals surface area contributed by atoms with Crippen LogP contribution in [0.15, 0.2) is 0 Å². The Balaban J connectivity index is 0. The fourth-order valence-corrected chi connectivity index (χ4v) is 1.27. The van der Waals surface area contributed by atoms with Crippen LogP contribution in [-0.2, 0) is 9.59 Å². The zero-order valence-corrected chi connectivity index (χ0v) is 10.8. The number of primary amides is 1. The van der Waals surface area contributed by atoms with Crippen LogP contribution in [0.2, 0.25) is 0 Å². The molecule has 0 radical (unpaired) electrons. The first-order valence-electron chi connectivity index (χ1n) is 5.25. The SMILES string of the molecule is CCCC(N)C(=O)NC(C(N)=O)C(C)C.Cl. The molecule has 0 fully saturated rings. The van der Waals surface area contributed by atoms with Gasteiger partial charge in [-0.15, -0.1) is 12.4 Å². The van der Waals surface area contributed by atoms with Crippen LogP contribution in [0, 0.1) is 5.92 Å². The second-order valence-electron chi connectivity index (χ2n) is 4.03. The third-order valence-electron chi connectivity index (χ3n) is 2.21. The van der Waals surface area contributed by atoms with E-state index in [4.69, 9.17) is 11.5 Å². The Labute approximate surface area is 103 Å². The second kappa shape index (κ2) is 8.35. The molecular formula is C10H22ClN3O2. The number of halogens is 1. The third kappa shape index (κ3) is 5.92. The second-order valence-corrected chi connectivity index (χ2v) is 4.03. The van der Waals surface area contributed by atoms with Crippen molar-refractivity contribution in [3.8, 4) is 0 Å². The summed E-state index contributed by atoms with van der Waals surface area (Å²) in [5.74, 6) is -0.864. The molecule has 0 aliphatic heterocycles. The van der Waals surface area contributed by atoms with E-state index in [0.29, 0.717) is 6.42 Å². The van der Waals surface area contributed by atoms with Gasteiger partial charge in [-0.1, -0.05) is 27.2 Å². The van der Waals surface area contributed by atoms with Crippen molar-refractivity contribution in [1.29, 1.82) is 0 Å².